The lowest BCUT2D eigenvalue weighted by Crippen LogP contribution is -2.39. The second kappa shape index (κ2) is 5.17. The molecule has 1 heterocycles. The zero-order valence-corrected chi connectivity index (χ0v) is 11.6. The molecule has 0 bridgehead atoms. The second-order valence-electron chi connectivity index (χ2n) is 5.25. The van der Waals surface area contributed by atoms with Gasteiger partial charge < -0.3 is 10.0 Å². The molecule has 0 saturated carbocycles. The Hall–Kier alpha value is -1.61. The summed E-state index contributed by atoms with van der Waals surface area (Å²) in [5.74, 6) is 0.000301. The molecule has 2 rings (SSSR count). The highest BCUT2D eigenvalue weighted by Gasteiger charge is 2.36. The molecule has 1 aliphatic heterocycles. The Morgan fingerprint density at radius 2 is 1.79 bits per heavy atom. The van der Waals surface area contributed by atoms with Gasteiger partial charge in [-0.3, -0.25) is 4.79 Å². The van der Waals surface area contributed by atoms with E-state index in [0.717, 1.165) is 24.1 Å². The molecule has 0 aromatic heterocycles. The summed E-state index contributed by atoms with van der Waals surface area (Å²) in [6.45, 7) is 8.76. The van der Waals surface area contributed by atoms with Crippen molar-refractivity contribution in [1.29, 1.82) is 0 Å². The van der Waals surface area contributed by atoms with Crippen molar-refractivity contribution in [2.75, 3.05) is 13.2 Å². The molecule has 1 aliphatic rings. The standard InChI is InChI=1S/C16H21NO2/c1-4-16(5-2,11-18)10-17-12(3)13-8-6-7-9-14(13)15(17)19/h6-9,18H,3-5,10-11H2,1-2H3. The summed E-state index contributed by atoms with van der Waals surface area (Å²) in [4.78, 5) is 14.1. The van der Waals surface area contributed by atoms with E-state index in [-0.39, 0.29) is 17.9 Å². The van der Waals surface area contributed by atoms with Crippen molar-refractivity contribution in [1.82, 2.24) is 4.90 Å². The maximum atomic E-state index is 12.4. The molecule has 1 N–H and O–H groups in total. The van der Waals surface area contributed by atoms with E-state index in [0.29, 0.717) is 12.1 Å². The Balaban J connectivity index is 2.30. The highest BCUT2D eigenvalue weighted by molar-refractivity contribution is 6.08. The second-order valence-corrected chi connectivity index (χ2v) is 5.25. The average molecular weight is 259 g/mol. The van der Waals surface area contributed by atoms with E-state index in [1.165, 1.54) is 0 Å². The molecule has 3 nitrogen and oxygen atoms in total. The van der Waals surface area contributed by atoms with Crippen LogP contribution in [0.3, 0.4) is 0 Å². The number of aliphatic hydroxyl groups is 1. The minimum Gasteiger partial charge on any atom is -0.396 e. The van der Waals surface area contributed by atoms with E-state index in [9.17, 15) is 9.90 Å². The fraction of sp³-hybridized carbons (Fsp3) is 0.438. The van der Waals surface area contributed by atoms with Crippen molar-refractivity contribution in [3.8, 4) is 0 Å². The summed E-state index contributed by atoms with van der Waals surface area (Å²) in [6.07, 6.45) is 1.68. The normalized spacial score (nSPS) is 15.0. The summed E-state index contributed by atoms with van der Waals surface area (Å²) in [5.41, 5.74) is 2.14. The van der Waals surface area contributed by atoms with E-state index in [4.69, 9.17) is 0 Å². The maximum absolute atomic E-state index is 12.4. The minimum absolute atomic E-state index is 0.000301. The molecule has 0 saturated heterocycles. The topological polar surface area (TPSA) is 40.5 Å². The van der Waals surface area contributed by atoms with Crippen LogP contribution in [-0.2, 0) is 0 Å². The first-order chi connectivity index (χ1) is 9.08. The van der Waals surface area contributed by atoms with Crippen LogP contribution >= 0.6 is 0 Å². The predicted molar refractivity (Wildman–Crippen MR) is 76.6 cm³/mol. The molecular weight excluding hydrogens is 238 g/mol. The van der Waals surface area contributed by atoms with Crippen molar-refractivity contribution >= 4 is 11.6 Å². The summed E-state index contributed by atoms with van der Waals surface area (Å²) in [5, 5.41) is 9.66. The van der Waals surface area contributed by atoms with Crippen molar-refractivity contribution in [3.63, 3.8) is 0 Å². The Bertz CT molecular complexity index is 460. The van der Waals surface area contributed by atoms with Crippen LogP contribution in [0, 0.1) is 5.41 Å². The lowest BCUT2D eigenvalue weighted by molar-refractivity contribution is 0.0638. The van der Waals surface area contributed by atoms with E-state index < -0.39 is 0 Å². The molecule has 1 aromatic rings. The highest BCUT2D eigenvalue weighted by Crippen LogP contribution is 2.36. The van der Waals surface area contributed by atoms with Crippen LogP contribution in [0.1, 0.15) is 42.6 Å². The largest absolute Gasteiger partial charge is 0.396 e. The van der Waals surface area contributed by atoms with E-state index in [2.05, 4.69) is 20.4 Å². The van der Waals surface area contributed by atoms with Gasteiger partial charge in [0.1, 0.15) is 0 Å². The van der Waals surface area contributed by atoms with Gasteiger partial charge in [-0.25, -0.2) is 0 Å². The predicted octanol–water partition coefficient (Wildman–Crippen LogP) is 2.91. The number of aliphatic hydroxyl groups excluding tert-OH is 1. The smallest absolute Gasteiger partial charge is 0.258 e. The summed E-state index contributed by atoms with van der Waals surface area (Å²) in [7, 11) is 0. The number of carbonyl (C=O) groups is 1. The Morgan fingerprint density at radius 3 is 2.26 bits per heavy atom. The fourth-order valence-electron chi connectivity index (χ4n) is 2.58. The monoisotopic (exact) mass is 259 g/mol. The Labute approximate surface area is 114 Å². The van der Waals surface area contributed by atoms with Crippen LogP contribution in [0.5, 0.6) is 0 Å². The first kappa shape index (κ1) is 13.8. The molecule has 0 fully saturated rings. The number of nitrogens with zero attached hydrogens (tertiary/aromatic N) is 1. The van der Waals surface area contributed by atoms with Crippen molar-refractivity contribution in [3.05, 3.63) is 42.0 Å². The molecule has 0 unspecified atom stereocenters. The highest BCUT2D eigenvalue weighted by atomic mass is 16.3. The molecule has 1 amide bonds. The molecule has 19 heavy (non-hydrogen) atoms. The number of carbonyl (C=O) groups excluding carboxylic acids is 1. The third-order valence-corrected chi connectivity index (χ3v) is 4.37. The summed E-state index contributed by atoms with van der Waals surface area (Å²) >= 11 is 0. The van der Waals surface area contributed by atoms with Crippen LogP contribution < -0.4 is 0 Å². The molecule has 3 heteroatoms. The van der Waals surface area contributed by atoms with Crippen LogP contribution in [0.2, 0.25) is 0 Å². The molecule has 0 spiro atoms. The summed E-state index contributed by atoms with van der Waals surface area (Å²) < 4.78 is 0. The fourth-order valence-corrected chi connectivity index (χ4v) is 2.58. The van der Waals surface area contributed by atoms with Crippen LogP contribution in [0.15, 0.2) is 30.8 Å². The minimum atomic E-state index is -0.235. The van der Waals surface area contributed by atoms with Gasteiger partial charge in [-0.15, -0.1) is 0 Å². The molecule has 0 radical (unpaired) electrons. The van der Waals surface area contributed by atoms with Gasteiger partial charge in [-0.05, 0) is 18.9 Å². The van der Waals surface area contributed by atoms with Crippen molar-refractivity contribution in [2.24, 2.45) is 5.41 Å². The number of benzene rings is 1. The van der Waals surface area contributed by atoms with E-state index in [1.54, 1.807) is 4.90 Å². The third-order valence-electron chi connectivity index (χ3n) is 4.37. The molecule has 0 aliphatic carbocycles. The average Bonchev–Trinajstić information content (AvgIpc) is 2.70. The van der Waals surface area contributed by atoms with Crippen LogP contribution in [0.25, 0.3) is 5.70 Å². The van der Waals surface area contributed by atoms with E-state index in [1.807, 2.05) is 24.3 Å². The third kappa shape index (κ3) is 2.19. The molecule has 102 valence electrons. The SMILES string of the molecule is C=C1c2ccccc2C(=O)N1CC(CC)(CC)CO. The number of hydrogen-bond donors (Lipinski definition) is 1. The summed E-state index contributed by atoms with van der Waals surface area (Å²) in [6, 6.07) is 7.54. The van der Waals surface area contributed by atoms with Crippen molar-refractivity contribution in [2.45, 2.75) is 26.7 Å². The van der Waals surface area contributed by atoms with Gasteiger partial charge in [0.25, 0.3) is 5.91 Å². The quantitative estimate of drug-likeness (QED) is 0.883. The molecule has 0 atom stereocenters. The first-order valence-electron chi connectivity index (χ1n) is 6.79. The van der Waals surface area contributed by atoms with Gasteiger partial charge in [0.2, 0.25) is 0 Å². The zero-order chi connectivity index (χ0) is 14.0. The molecule has 1 aromatic carbocycles. The van der Waals surface area contributed by atoms with Crippen LogP contribution in [0.4, 0.5) is 0 Å². The Kier molecular flexibility index (Phi) is 3.76. The van der Waals surface area contributed by atoms with Gasteiger partial charge in [-0.1, -0.05) is 38.6 Å². The van der Waals surface area contributed by atoms with E-state index >= 15 is 0 Å². The number of amides is 1. The zero-order valence-electron chi connectivity index (χ0n) is 11.6. The Morgan fingerprint density at radius 1 is 1.21 bits per heavy atom. The van der Waals surface area contributed by atoms with Gasteiger partial charge in [0, 0.05) is 28.8 Å². The van der Waals surface area contributed by atoms with Crippen LogP contribution in [-0.4, -0.2) is 29.1 Å². The number of fused-ring (bicyclic) bond motifs is 1. The van der Waals surface area contributed by atoms with Gasteiger partial charge in [0.05, 0.1) is 6.61 Å². The van der Waals surface area contributed by atoms with Gasteiger partial charge >= 0.3 is 0 Å². The first-order valence-corrected chi connectivity index (χ1v) is 6.79. The molecular formula is C16H21NO2. The lowest BCUT2D eigenvalue weighted by atomic mass is 9.82. The van der Waals surface area contributed by atoms with Crippen molar-refractivity contribution < 1.29 is 9.90 Å². The van der Waals surface area contributed by atoms with Gasteiger partial charge in [0.15, 0.2) is 0 Å². The van der Waals surface area contributed by atoms with Gasteiger partial charge in [-0.2, -0.15) is 0 Å². The lowest BCUT2D eigenvalue weighted by Gasteiger charge is -2.34. The maximum Gasteiger partial charge on any atom is 0.258 e. The number of hydrogen-bond acceptors (Lipinski definition) is 2. The number of rotatable bonds is 5.